The van der Waals surface area contributed by atoms with E-state index in [9.17, 15) is 0 Å². The van der Waals surface area contributed by atoms with Crippen molar-refractivity contribution in [2.75, 3.05) is 9.71 Å². The number of aryl methyl sites for hydroxylation is 1. The zero-order chi connectivity index (χ0) is 31.4. The normalized spacial score (nSPS) is 14.7. The second-order valence-electron chi connectivity index (χ2n) is 13.8. The standard InChI is InChI=1S/C43H33BN2Si/c1-28-26-34-41-33-15-8-7-14-31(33)22-25-37(41)46(32-23-20-30(21-24-32)29-12-5-4-6-13-29)44-35-16-11-19-40-43(35)45(38(27-28)42(34)44)36-17-9-10-18-39(36)47(40,2)3/h4-27H,1-3H3. The Labute approximate surface area is 277 Å². The van der Waals surface area contributed by atoms with Crippen LogP contribution in [0.15, 0.2) is 146 Å². The van der Waals surface area contributed by atoms with Gasteiger partial charge >= 0.3 is 6.85 Å². The third kappa shape index (κ3) is 3.62. The zero-order valence-corrected chi connectivity index (χ0v) is 27.8. The van der Waals surface area contributed by atoms with Crippen molar-refractivity contribution in [3.8, 4) is 22.3 Å². The van der Waals surface area contributed by atoms with Crippen molar-refractivity contribution in [3.05, 3.63) is 151 Å². The van der Waals surface area contributed by atoms with Crippen LogP contribution >= 0.6 is 0 Å². The number of rotatable bonds is 2. The molecule has 4 heteroatoms. The summed E-state index contributed by atoms with van der Waals surface area (Å²) in [6.45, 7) is 7.36. The summed E-state index contributed by atoms with van der Waals surface area (Å²) in [5, 5.41) is 5.60. The van der Waals surface area contributed by atoms with E-state index in [0.717, 1.165) is 0 Å². The molecule has 0 saturated heterocycles. The van der Waals surface area contributed by atoms with Gasteiger partial charge in [-0.1, -0.05) is 128 Å². The Hall–Kier alpha value is -5.32. The van der Waals surface area contributed by atoms with E-state index in [1.807, 2.05) is 0 Å². The highest BCUT2D eigenvalue weighted by molar-refractivity contribution is 7.04. The molecule has 0 bridgehead atoms. The first-order chi connectivity index (χ1) is 23.0. The van der Waals surface area contributed by atoms with Crippen LogP contribution in [0.25, 0.3) is 33.0 Å². The quantitative estimate of drug-likeness (QED) is 0.180. The second-order valence-corrected chi connectivity index (χ2v) is 18.2. The lowest BCUT2D eigenvalue weighted by Crippen LogP contribution is -2.67. The minimum atomic E-state index is -1.97. The third-order valence-electron chi connectivity index (χ3n) is 10.8. The molecular formula is C43H33BN2Si. The van der Waals surface area contributed by atoms with E-state index in [4.69, 9.17) is 0 Å². The van der Waals surface area contributed by atoms with E-state index in [1.165, 1.54) is 88.3 Å². The van der Waals surface area contributed by atoms with Crippen molar-refractivity contribution in [2.24, 2.45) is 0 Å². The molecule has 0 atom stereocenters. The van der Waals surface area contributed by atoms with Crippen LogP contribution in [0, 0.1) is 6.92 Å². The molecule has 0 aliphatic carbocycles. The van der Waals surface area contributed by atoms with Gasteiger partial charge in [0.25, 0.3) is 0 Å². The van der Waals surface area contributed by atoms with Crippen LogP contribution in [-0.2, 0) is 0 Å². The summed E-state index contributed by atoms with van der Waals surface area (Å²) < 4.78 is 0. The van der Waals surface area contributed by atoms with Gasteiger partial charge in [-0.05, 0) is 91.6 Å². The van der Waals surface area contributed by atoms with Crippen molar-refractivity contribution in [3.63, 3.8) is 0 Å². The summed E-state index contributed by atoms with van der Waals surface area (Å²) in [6.07, 6.45) is 0. The maximum atomic E-state index is 2.64. The molecule has 3 heterocycles. The summed E-state index contributed by atoms with van der Waals surface area (Å²) in [4.78, 5) is 5.26. The molecule has 3 aliphatic heterocycles. The highest BCUT2D eigenvalue weighted by Crippen LogP contribution is 2.49. The van der Waals surface area contributed by atoms with Crippen molar-refractivity contribution >= 4 is 75.4 Å². The highest BCUT2D eigenvalue weighted by atomic mass is 28.3. The van der Waals surface area contributed by atoms with E-state index < -0.39 is 8.07 Å². The van der Waals surface area contributed by atoms with Gasteiger partial charge in [0.15, 0.2) is 0 Å². The van der Waals surface area contributed by atoms with E-state index in [0.29, 0.717) is 0 Å². The number of hydrogen-bond donors (Lipinski definition) is 0. The van der Waals surface area contributed by atoms with Crippen LogP contribution < -0.4 is 31.0 Å². The van der Waals surface area contributed by atoms with Gasteiger partial charge in [-0.15, -0.1) is 0 Å². The second kappa shape index (κ2) is 9.60. The Morgan fingerprint density at radius 3 is 2.15 bits per heavy atom. The predicted molar refractivity (Wildman–Crippen MR) is 205 cm³/mol. The molecule has 0 unspecified atom stereocenters. The average Bonchev–Trinajstić information content (AvgIpc) is 3.11. The first kappa shape index (κ1) is 26.9. The topological polar surface area (TPSA) is 6.48 Å². The number of para-hydroxylation sites is 2. The maximum absolute atomic E-state index is 2.64. The number of hydrogen-bond acceptors (Lipinski definition) is 2. The lowest BCUT2D eigenvalue weighted by Gasteiger charge is -2.50. The fourth-order valence-electron chi connectivity index (χ4n) is 8.75. The molecule has 0 fully saturated rings. The van der Waals surface area contributed by atoms with Gasteiger partial charge in [0.1, 0.15) is 8.07 Å². The monoisotopic (exact) mass is 616 g/mol. The van der Waals surface area contributed by atoms with Crippen molar-refractivity contribution < 1.29 is 0 Å². The maximum Gasteiger partial charge on any atom is 0.333 e. The third-order valence-corrected chi connectivity index (χ3v) is 14.4. The van der Waals surface area contributed by atoms with Crippen LogP contribution in [0.1, 0.15) is 5.56 Å². The molecule has 0 aromatic heterocycles. The van der Waals surface area contributed by atoms with Gasteiger partial charge in [0, 0.05) is 34.0 Å². The predicted octanol–water partition coefficient (Wildman–Crippen LogP) is 8.66. The Morgan fingerprint density at radius 1 is 0.574 bits per heavy atom. The SMILES string of the molecule is Cc1cc2c3c(c1)N1c4ccccc4[Si](C)(C)c4cccc(c41)B3N(c1ccc(-c3ccccc3)cc1)c1ccc3ccccc3c1-2. The number of anilines is 5. The summed E-state index contributed by atoms with van der Waals surface area (Å²) >= 11 is 0. The minimum Gasteiger partial charge on any atom is -0.376 e. The largest absolute Gasteiger partial charge is 0.376 e. The average molecular weight is 617 g/mol. The molecule has 2 nitrogen and oxygen atoms in total. The van der Waals surface area contributed by atoms with Gasteiger partial charge in [-0.2, -0.15) is 0 Å². The van der Waals surface area contributed by atoms with E-state index in [2.05, 4.69) is 175 Å². The van der Waals surface area contributed by atoms with E-state index >= 15 is 0 Å². The van der Waals surface area contributed by atoms with Crippen LogP contribution in [0.5, 0.6) is 0 Å². The van der Waals surface area contributed by atoms with Gasteiger partial charge in [0.2, 0.25) is 0 Å². The van der Waals surface area contributed by atoms with Crippen LogP contribution in [0.2, 0.25) is 13.1 Å². The summed E-state index contributed by atoms with van der Waals surface area (Å²) in [5.74, 6) is 0. The Balaban J connectivity index is 1.32. The van der Waals surface area contributed by atoms with E-state index in [-0.39, 0.29) is 6.85 Å². The Bertz CT molecular complexity index is 2420. The molecule has 10 rings (SSSR count). The molecule has 0 spiro atoms. The molecule has 0 N–H and O–H groups in total. The van der Waals surface area contributed by atoms with Gasteiger partial charge < -0.3 is 9.71 Å². The fraction of sp³-hybridized carbons (Fsp3) is 0.0698. The van der Waals surface area contributed by atoms with Gasteiger partial charge in [-0.3, -0.25) is 0 Å². The molecule has 0 radical (unpaired) electrons. The molecule has 222 valence electrons. The Morgan fingerprint density at radius 2 is 1.30 bits per heavy atom. The van der Waals surface area contributed by atoms with Gasteiger partial charge in [0.05, 0.1) is 0 Å². The first-order valence-electron chi connectivity index (χ1n) is 16.6. The molecule has 3 aliphatic rings. The number of fused-ring (bicyclic) bond motifs is 8. The summed E-state index contributed by atoms with van der Waals surface area (Å²) in [5.41, 5.74) is 15.8. The molecule has 0 saturated carbocycles. The van der Waals surface area contributed by atoms with Crippen molar-refractivity contribution in [1.29, 1.82) is 0 Å². The molecule has 47 heavy (non-hydrogen) atoms. The van der Waals surface area contributed by atoms with Crippen LogP contribution in [0.3, 0.4) is 0 Å². The fourth-order valence-corrected chi connectivity index (χ4v) is 11.7. The van der Waals surface area contributed by atoms with E-state index in [1.54, 1.807) is 0 Å². The molecule has 7 aromatic rings. The summed E-state index contributed by atoms with van der Waals surface area (Å²) in [7, 11) is -1.97. The highest BCUT2D eigenvalue weighted by Gasteiger charge is 2.49. The zero-order valence-electron chi connectivity index (χ0n) is 26.8. The minimum absolute atomic E-state index is 0.0399. The summed E-state index contributed by atoms with van der Waals surface area (Å²) in [6, 6.07) is 54.7. The lowest BCUT2D eigenvalue weighted by molar-refractivity contribution is 1.26. The van der Waals surface area contributed by atoms with Gasteiger partial charge in [-0.25, -0.2) is 0 Å². The van der Waals surface area contributed by atoms with Crippen LogP contribution in [0.4, 0.5) is 28.4 Å². The molecule has 7 aromatic carbocycles. The van der Waals surface area contributed by atoms with Crippen molar-refractivity contribution in [1.82, 2.24) is 0 Å². The molecular weight excluding hydrogens is 583 g/mol. The molecule has 0 amide bonds. The number of benzene rings is 7. The lowest BCUT2D eigenvalue weighted by atomic mass is 9.43. The number of nitrogens with zero attached hydrogens (tertiary/aromatic N) is 2. The smallest absolute Gasteiger partial charge is 0.333 e. The first-order valence-corrected chi connectivity index (χ1v) is 19.6. The van der Waals surface area contributed by atoms with Crippen LogP contribution in [-0.4, -0.2) is 14.9 Å². The Kier molecular flexibility index (Phi) is 5.49. The van der Waals surface area contributed by atoms with Crippen molar-refractivity contribution in [2.45, 2.75) is 20.0 Å².